The summed E-state index contributed by atoms with van der Waals surface area (Å²) in [4.78, 5) is 0.134. The molecule has 6 nitrogen and oxygen atoms in total. The van der Waals surface area contributed by atoms with Crippen LogP contribution in [0.4, 0.5) is 11.4 Å². The number of likely N-dealkylation sites (N-methyl/N-ethyl adjacent to an activating group) is 1. The third-order valence-corrected chi connectivity index (χ3v) is 5.28. The smallest absolute Gasteiger partial charge is 0.245 e. The Morgan fingerprint density at radius 1 is 1.35 bits per heavy atom. The van der Waals surface area contributed by atoms with Crippen LogP contribution in [0.25, 0.3) is 0 Å². The number of fused-ring (bicyclic) bond motifs is 1. The molecule has 1 aromatic carbocycles. The summed E-state index contributed by atoms with van der Waals surface area (Å²) >= 11 is 0.983. The van der Waals surface area contributed by atoms with Crippen molar-refractivity contribution in [1.82, 2.24) is 4.31 Å². The molecule has 0 spiro atoms. The van der Waals surface area contributed by atoms with Crippen molar-refractivity contribution >= 4 is 32.8 Å². The first-order valence-electron chi connectivity index (χ1n) is 6.19. The summed E-state index contributed by atoms with van der Waals surface area (Å²) in [6.45, 7) is 5.20. The summed E-state index contributed by atoms with van der Waals surface area (Å²) < 4.78 is 34.8. The van der Waals surface area contributed by atoms with E-state index in [0.29, 0.717) is 11.4 Å². The standard InChI is InChI=1S/C12H17N3O3S2/c1-4-15(8-12(2,3)16)20(17,18)10-7-5-6-9-11(10)14-19-13-9/h5-7,16H,4,8H2,1-3H3. The predicted molar refractivity (Wildman–Crippen MR) is 78.7 cm³/mol. The lowest BCUT2D eigenvalue weighted by molar-refractivity contribution is 0.0601. The van der Waals surface area contributed by atoms with Gasteiger partial charge in [-0.05, 0) is 26.0 Å². The number of hydrogen-bond donors (Lipinski definition) is 1. The minimum absolute atomic E-state index is 0.0276. The van der Waals surface area contributed by atoms with Crippen molar-refractivity contribution in [2.45, 2.75) is 31.3 Å². The van der Waals surface area contributed by atoms with Crippen molar-refractivity contribution in [3.8, 4) is 0 Å². The van der Waals surface area contributed by atoms with E-state index in [0.717, 1.165) is 11.4 Å². The van der Waals surface area contributed by atoms with Gasteiger partial charge in [0.15, 0.2) is 0 Å². The van der Waals surface area contributed by atoms with E-state index in [9.17, 15) is 13.5 Å². The fourth-order valence-corrected chi connectivity index (χ4v) is 4.28. The maximum Gasteiger partial charge on any atom is 0.245 e. The average Bonchev–Trinajstić information content (AvgIpc) is 2.82. The zero-order valence-corrected chi connectivity index (χ0v) is 13.2. The molecule has 0 fully saturated rings. The molecule has 1 N–H and O–H groups in total. The van der Waals surface area contributed by atoms with Crippen molar-refractivity contribution < 1.29 is 13.5 Å². The molecule has 20 heavy (non-hydrogen) atoms. The van der Waals surface area contributed by atoms with Gasteiger partial charge >= 0.3 is 0 Å². The molecule has 8 heteroatoms. The Labute approximate surface area is 122 Å². The van der Waals surface area contributed by atoms with Crippen LogP contribution >= 0.6 is 0 Å². The zero-order chi connectivity index (χ0) is 15.0. The van der Waals surface area contributed by atoms with E-state index in [2.05, 4.69) is 8.73 Å². The largest absolute Gasteiger partial charge is 0.389 e. The van der Waals surface area contributed by atoms with Crippen LogP contribution in [0.1, 0.15) is 20.8 Å². The lowest BCUT2D eigenvalue weighted by Gasteiger charge is -2.27. The molecule has 0 radical (unpaired) electrons. The summed E-state index contributed by atoms with van der Waals surface area (Å²) in [5.41, 5.74) is -0.154. The third kappa shape index (κ3) is 2.98. The minimum Gasteiger partial charge on any atom is -0.389 e. The van der Waals surface area contributed by atoms with Crippen LogP contribution < -0.4 is 0 Å². The second-order valence-electron chi connectivity index (χ2n) is 5.13. The summed E-state index contributed by atoms with van der Waals surface area (Å²) in [6.07, 6.45) is 0. The SMILES string of the molecule is CCN(CC(C)(C)O)S(=O)(=O)c1cccc2c1N=S=N2. The van der Waals surface area contributed by atoms with Gasteiger partial charge in [-0.1, -0.05) is 13.0 Å². The van der Waals surface area contributed by atoms with Gasteiger partial charge in [-0.3, -0.25) is 0 Å². The number of nitrogens with zero attached hydrogens (tertiary/aromatic N) is 3. The van der Waals surface area contributed by atoms with Crippen LogP contribution in [-0.2, 0) is 21.4 Å². The third-order valence-electron chi connectivity index (χ3n) is 2.78. The molecule has 2 rings (SSSR count). The molecule has 0 saturated heterocycles. The molecule has 1 heterocycles. The molecular weight excluding hydrogens is 298 g/mol. The highest BCUT2D eigenvalue weighted by Gasteiger charge is 2.31. The van der Waals surface area contributed by atoms with Gasteiger partial charge < -0.3 is 5.11 Å². The van der Waals surface area contributed by atoms with Crippen LogP contribution in [0, 0.1) is 0 Å². The van der Waals surface area contributed by atoms with E-state index in [-0.39, 0.29) is 18.0 Å². The first kappa shape index (κ1) is 15.3. The van der Waals surface area contributed by atoms with Crippen LogP contribution in [-0.4, -0.2) is 36.5 Å². The van der Waals surface area contributed by atoms with Gasteiger partial charge in [0, 0.05) is 13.1 Å². The van der Waals surface area contributed by atoms with Crippen LogP contribution in [0.3, 0.4) is 0 Å². The Morgan fingerprint density at radius 3 is 2.65 bits per heavy atom. The van der Waals surface area contributed by atoms with Gasteiger partial charge in [0.05, 0.1) is 17.0 Å². The van der Waals surface area contributed by atoms with Crippen LogP contribution in [0.2, 0.25) is 0 Å². The Bertz CT molecular complexity index is 686. The summed E-state index contributed by atoms with van der Waals surface area (Å²) in [5.74, 6) is 0. The second kappa shape index (κ2) is 5.36. The van der Waals surface area contributed by atoms with Gasteiger partial charge in [0.25, 0.3) is 0 Å². The number of hydrogen-bond acceptors (Lipinski definition) is 5. The van der Waals surface area contributed by atoms with Crippen molar-refractivity contribution in [3.05, 3.63) is 18.2 Å². The van der Waals surface area contributed by atoms with Gasteiger partial charge in [-0.15, -0.1) is 0 Å². The fraction of sp³-hybridized carbons (Fsp3) is 0.500. The maximum absolute atomic E-state index is 12.7. The van der Waals surface area contributed by atoms with E-state index >= 15 is 0 Å². The second-order valence-corrected chi connectivity index (χ2v) is 7.57. The van der Waals surface area contributed by atoms with Gasteiger partial charge in [0.2, 0.25) is 10.0 Å². The molecule has 0 amide bonds. The van der Waals surface area contributed by atoms with E-state index < -0.39 is 15.6 Å². The topological polar surface area (TPSA) is 82.3 Å². The molecule has 1 aromatic rings. The summed E-state index contributed by atoms with van der Waals surface area (Å²) in [5, 5.41) is 9.87. The summed E-state index contributed by atoms with van der Waals surface area (Å²) in [7, 11) is -3.70. The molecular formula is C12H17N3O3S2. The van der Waals surface area contributed by atoms with Crippen LogP contribution in [0.15, 0.2) is 31.8 Å². The minimum atomic E-state index is -3.70. The van der Waals surface area contributed by atoms with Crippen molar-refractivity contribution in [2.75, 3.05) is 13.1 Å². The lowest BCUT2D eigenvalue weighted by atomic mass is 10.1. The van der Waals surface area contributed by atoms with Gasteiger partial charge in [-0.25, -0.2) is 8.42 Å². The highest BCUT2D eigenvalue weighted by molar-refractivity contribution is 7.89. The molecule has 0 bridgehead atoms. The van der Waals surface area contributed by atoms with Gasteiger partial charge in [-0.2, -0.15) is 13.0 Å². The average molecular weight is 315 g/mol. The molecule has 0 saturated carbocycles. The lowest BCUT2D eigenvalue weighted by Crippen LogP contribution is -2.42. The monoisotopic (exact) mass is 315 g/mol. The quantitative estimate of drug-likeness (QED) is 0.918. The first-order valence-corrected chi connectivity index (χ1v) is 8.36. The molecule has 110 valence electrons. The Hall–Kier alpha value is -1.09. The summed E-state index contributed by atoms with van der Waals surface area (Å²) in [6, 6.07) is 4.89. The molecule has 0 aromatic heterocycles. The normalized spacial score (nSPS) is 14.4. The molecule has 0 atom stereocenters. The number of sulfonamides is 1. The molecule has 0 aliphatic carbocycles. The Kier molecular flexibility index (Phi) is 4.10. The molecule has 1 aliphatic rings. The highest BCUT2D eigenvalue weighted by Crippen LogP contribution is 2.38. The maximum atomic E-state index is 12.7. The Morgan fingerprint density at radius 2 is 2.05 bits per heavy atom. The van der Waals surface area contributed by atoms with Crippen LogP contribution in [0.5, 0.6) is 0 Å². The van der Waals surface area contributed by atoms with E-state index in [1.54, 1.807) is 32.9 Å². The molecule has 1 aliphatic heterocycles. The van der Waals surface area contributed by atoms with E-state index in [4.69, 9.17) is 0 Å². The predicted octanol–water partition coefficient (Wildman–Crippen LogP) is 2.19. The van der Waals surface area contributed by atoms with Crippen molar-refractivity contribution in [1.29, 1.82) is 0 Å². The number of benzene rings is 1. The Balaban J connectivity index is 2.45. The van der Waals surface area contributed by atoms with Crippen molar-refractivity contribution in [2.24, 2.45) is 8.73 Å². The zero-order valence-electron chi connectivity index (χ0n) is 11.6. The fourth-order valence-electron chi connectivity index (χ4n) is 1.93. The van der Waals surface area contributed by atoms with Crippen molar-refractivity contribution in [3.63, 3.8) is 0 Å². The number of aliphatic hydroxyl groups is 1. The molecule has 0 unspecified atom stereocenters. The number of rotatable bonds is 5. The van der Waals surface area contributed by atoms with E-state index in [1.165, 1.54) is 10.4 Å². The van der Waals surface area contributed by atoms with E-state index in [1.807, 2.05) is 0 Å². The highest BCUT2D eigenvalue weighted by atomic mass is 32.2. The first-order chi connectivity index (χ1) is 9.25. The van der Waals surface area contributed by atoms with Gasteiger partial charge in [0.1, 0.15) is 16.3 Å².